The minimum atomic E-state index is -0.717. The number of ether oxygens (including phenoxy) is 1. The van der Waals surface area contributed by atoms with E-state index in [1.807, 2.05) is 24.3 Å². The summed E-state index contributed by atoms with van der Waals surface area (Å²) in [6.07, 6.45) is 0.958. The fourth-order valence-corrected chi connectivity index (χ4v) is 3.55. The Kier molecular flexibility index (Phi) is 7.18. The maximum absolute atomic E-state index is 12.6. The summed E-state index contributed by atoms with van der Waals surface area (Å²) in [5, 5.41) is 2.18. The molecule has 7 heteroatoms. The number of anilines is 1. The number of benzene rings is 2. The van der Waals surface area contributed by atoms with Crippen molar-refractivity contribution in [3.63, 3.8) is 0 Å². The summed E-state index contributed by atoms with van der Waals surface area (Å²) in [6, 6.07) is 16.0. The Labute approximate surface area is 181 Å². The summed E-state index contributed by atoms with van der Waals surface area (Å²) < 4.78 is 5.07. The normalized spacial score (nSPS) is 16.6. The van der Waals surface area contributed by atoms with E-state index in [1.54, 1.807) is 35.2 Å². The van der Waals surface area contributed by atoms with E-state index in [0.29, 0.717) is 5.56 Å². The second kappa shape index (κ2) is 10.0. The molecule has 1 heterocycles. The highest BCUT2D eigenvalue weighted by molar-refractivity contribution is 6.05. The highest BCUT2D eigenvalue weighted by Gasteiger charge is 2.37. The smallest absolute Gasteiger partial charge is 0.311 e. The average molecular weight is 422 g/mol. The van der Waals surface area contributed by atoms with E-state index in [4.69, 9.17) is 4.74 Å². The van der Waals surface area contributed by atoms with Gasteiger partial charge in [0.25, 0.3) is 11.8 Å². The van der Waals surface area contributed by atoms with Gasteiger partial charge in [0.05, 0.1) is 5.92 Å². The van der Waals surface area contributed by atoms with Gasteiger partial charge in [-0.15, -0.1) is 0 Å². The first kappa shape index (κ1) is 22.2. The topological polar surface area (TPSA) is 92.8 Å². The van der Waals surface area contributed by atoms with Crippen molar-refractivity contribution in [3.8, 4) is 0 Å². The van der Waals surface area contributed by atoms with Crippen LogP contribution in [0.4, 0.5) is 5.69 Å². The number of nitrogens with zero attached hydrogens (tertiary/aromatic N) is 1. The predicted molar refractivity (Wildman–Crippen MR) is 115 cm³/mol. The third-order valence-electron chi connectivity index (χ3n) is 5.46. The Bertz CT molecular complexity index is 973. The van der Waals surface area contributed by atoms with Gasteiger partial charge in [-0.1, -0.05) is 50.2 Å². The van der Waals surface area contributed by atoms with Crippen LogP contribution < -0.4 is 10.2 Å². The van der Waals surface area contributed by atoms with Crippen LogP contribution >= 0.6 is 0 Å². The number of nitrogens with one attached hydrogen (secondary N) is 1. The molecule has 3 amide bonds. The van der Waals surface area contributed by atoms with Gasteiger partial charge in [0, 0.05) is 24.2 Å². The zero-order chi connectivity index (χ0) is 22.4. The minimum absolute atomic E-state index is 0.0260. The molecule has 7 nitrogen and oxygen atoms in total. The third kappa shape index (κ3) is 5.36. The summed E-state index contributed by atoms with van der Waals surface area (Å²) in [5.41, 5.74) is 2.20. The SMILES string of the molecule is CC[C@H](C)c1ccccc1N1C[C@@H](C(=O)OCC(=O)NC(=O)c2ccccc2)CC1=O. The molecule has 31 heavy (non-hydrogen) atoms. The zero-order valence-electron chi connectivity index (χ0n) is 17.7. The van der Waals surface area contributed by atoms with Crippen LogP contribution in [0.3, 0.4) is 0 Å². The van der Waals surface area contributed by atoms with Crippen LogP contribution in [0.15, 0.2) is 54.6 Å². The van der Waals surface area contributed by atoms with Crippen LogP contribution in [0.2, 0.25) is 0 Å². The number of hydrogen-bond donors (Lipinski definition) is 1. The van der Waals surface area contributed by atoms with Gasteiger partial charge in [-0.2, -0.15) is 0 Å². The summed E-state index contributed by atoms with van der Waals surface area (Å²) in [5.74, 6) is -2.44. The third-order valence-corrected chi connectivity index (χ3v) is 5.46. The summed E-state index contributed by atoms with van der Waals surface area (Å²) >= 11 is 0. The van der Waals surface area contributed by atoms with Crippen LogP contribution in [0, 0.1) is 5.92 Å². The van der Waals surface area contributed by atoms with Gasteiger partial charge < -0.3 is 9.64 Å². The molecule has 1 fully saturated rings. The Balaban J connectivity index is 1.56. The molecule has 3 rings (SSSR count). The quantitative estimate of drug-likeness (QED) is 0.693. The molecule has 2 aromatic carbocycles. The van der Waals surface area contributed by atoms with Crippen molar-refractivity contribution in [1.82, 2.24) is 5.32 Å². The van der Waals surface area contributed by atoms with E-state index in [1.165, 1.54) is 0 Å². The average Bonchev–Trinajstić information content (AvgIpc) is 3.19. The van der Waals surface area contributed by atoms with Gasteiger partial charge in [0.2, 0.25) is 5.91 Å². The van der Waals surface area contributed by atoms with Crippen molar-refractivity contribution >= 4 is 29.4 Å². The van der Waals surface area contributed by atoms with Gasteiger partial charge in [-0.05, 0) is 36.1 Å². The number of carbonyl (C=O) groups excluding carboxylic acids is 4. The lowest BCUT2D eigenvalue weighted by Crippen LogP contribution is -2.35. The fourth-order valence-electron chi connectivity index (χ4n) is 3.55. The number of esters is 1. The Hall–Kier alpha value is -3.48. The first-order chi connectivity index (χ1) is 14.9. The van der Waals surface area contributed by atoms with Crippen molar-refractivity contribution in [2.75, 3.05) is 18.1 Å². The summed E-state index contributed by atoms with van der Waals surface area (Å²) in [7, 11) is 0. The van der Waals surface area contributed by atoms with Crippen LogP contribution in [0.5, 0.6) is 0 Å². The lowest BCUT2D eigenvalue weighted by Gasteiger charge is -2.23. The van der Waals surface area contributed by atoms with E-state index in [2.05, 4.69) is 19.2 Å². The van der Waals surface area contributed by atoms with E-state index < -0.39 is 30.3 Å². The van der Waals surface area contributed by atoms with Crippen LogP contribution in [0.1, 0.15) is 48.5 Å². The second-order valence-corrected chi connectivity index (χ2v) is 7.62. The molecule has 1 aliphatic heterocycles. The molecule has 0 unspecified atom stereocenters. The Morgan fingerprint density at radius 3 is 2.48 bits per heavy atom. The molecule has 1 saturated heterocycles. The van der Waals surface area contributed by atoms with E-state index >= 15 is 0 Å². The van der Waals surface area contributed by atoms with Crippen LogP contribution in [-0.2, 0) is 19.1 Å². The first-order valence-electron chi connectivity index (χ1n) is 10.4. The van der Waals surface area contributed by atoms with Gasteiger partial charge in [-0.3, -0.25) is 24.5 Å². The molecule has 0 saturated carbocycles. The van der Waals surface area contributed by atoms with Crippen molar-refractivity contribution in [2.24, 2.45) is 5.92 Å². The highest BCUT2D eigenvalue weighted by Crippen LogP contribution is 2.33. The number of para-hydroxylation sites is 1. The van der Waals surface area contributed by atoms with Crippen LogP contribution in [-0.4, -0.2) is 36.8 Å². The Morgan fingerprint density at radius 1 is 1.10 bits per heavy atom. The van der Waals surface area contributed by atoms with Gasteiger partial charge in [0.1, 0.15) is 0 Å². The van der Waals surface area contributed by atoms with Crippen molar-refractivity contribution in [2.45, 2.75) is 32.6 Å². The van der Waals surface area contributed by atoms with E-state index in [9.17, 15) is 19.2 Å². The number of rotatable bonds is 7. The molecule has 0 spiro atoms. The van der Waals surface area contributed by atoms with E-state index in [-0.39, 0.29) is 24.8 Å². The second-order valence-electron chi connectivity index (χ2n) is 7.62. The van der Waals surface area contributed by atoms with E-state index in [0.717, 1.165) is 17.7 Å². The van der Waals surface area contributed by atoms with Gasteiger partial charge in [-0.25, -0.2) is 0 Å². The molecule has 0 aromatic heterocycles. The molecule has 0 aliphatic carbocycles. The highest BCUT2D eigenvalue weighted by atomic mass is 16.5. The molecule has 1 aliphatic rings. The van der Waals surface area contributed by atoms with Crippen molar-refractivity contribution in [1.29, 1.82) is 0 Å². The first-order valence-corrected chi connectivity index (χ1v) is 10.4. The number of carbonyl (C=O) groups is 4. The fraction of sp³-hybridized carbons (Fsp3) is 0.333. The molecule has 2 atom stereocenters. The lowest BCUT2D eigenvalue weighted by atomic mass is 9.96. The zero-order valence-corrected chi connectivity index (χ0v) is 17.7. The monoisotopic (exact) mass is 422 g/mol. The summed E-state index contributed by atoms with van der Waals surface area (Å²) in [4.78, 5) is 50.6. The summed E-state index contributed by atoms with van der Waals surface area (Å²) in [6.45, 7) is 3.81. The maximum atomic E-state index is 12.6. The van der Waals surface area contributed by atoms with Crippen molar-refractivity contribution in [3.05, 3.63) is 65.7 Å². The number of imide groups is 1. The molecule has 162 valence electrons. The lowest BCUT2D eigenvalue weighted by molar-refractivity contribution is -0.152. The maximum Gasteiger partial charge on any atom is 0.311 e. The van der Waals surface area contributed by atoms with Gasteiger partial charge in [0.15, 0.2) is 6.61 Å². The predicted octanol–water partition coefficient (Wildman–Crippen LogP) is 3.05. The van der Waals surface area contributed by atoms with Crippen molar-refractivity contribution < 1.29 is 23.9 Å². The Morgan fingerprint density at radius 2 is 1.77 bits per heavy atom. The number of hydrogen-bond acceptors (Lipinski definition) is 5. The van der Waals surface area contributed by atoms with Crippen LogP contribution in [0.25, 0.3) is 0 Å². The minimum Gasteiger partial charge on any atom is -0.455 e. The molecule has 0 bridgehead atoms. The molecular formula is C24H26N2O5. The molecule has 1 N–H and O–H groups in total. The molecule has 2 aromatic rings. The standard InChI is InChI=1S/C24H26N2O5/c1-3-16(2)19-11-7-8-12-20(19)26-14-18(13-22(26)28)24(30)31-15-21(27)25-23(29)17-9-5-4-6-10-17/h4-12,16,18H,3,13-15H2,1-2H3,(H,25,27,29)/t16-,18-/m0/s1. The largest absolute Gasteiger partial charge is 0.455 e. The molecule has 0 radical (unpaired) electrons. The number of amides is 3. The van der Waals surface area contributed by atoms with Gasteiger partial charge >= 0.3 is 5.97 Å². The molecular weight excluding hydrogens is 396 g/mol.